The number of carbonyl (C=O) groups excluding carboxylic acids is 1. The second kappa shape index (κ2) is 10.7. The van der Waals surface area contributed by atoms with Crippen LogP contribution < -0.4 is 4.74 Å². The highest BCUT2D eigenvalue weighted by Crippen LogP contribution is 2.20. The highest BCUT2D eigenvalue weighted by molar-refractivity contribution is 5.94. The Labute approximate surface area is 197 Å². The molecule has 3 aromatic rings. The molecule has 0 unspecified atom stereocenters. The number of hydrogen-bond acceptors (Lipinski definition) is 3. The fourth-order valence-corrected chi connectivity index (χ4v) is 4.15. The molecular weight excluding hydrogens is 408 g/mol. The summed E-state index contributed by atoms with van der Waals surface area (Å²) in [5.74, 6) is 1.46. The summed E-state index contributed by atoms with van der Waals surface area (Å²) in [6, 6.07) is 24.8. The van der Waals surface area contributed by atoms with Gasteiger partial charge in [0.25, 0.3) is 5.91 Å². The van der Waals surface area contributed by atoms with Gasteiger partial charge in [0.2, 0.25) is 0 Å². The predicted octanol–water partition coefficient (Wildman–Crippen LogP) is 5.66. The van der Waals surface area contributed by atoms with E-state index in [2.05, 4.69) is 62.1 Å². The lowest BCUT2D eigenvalue weighted by Gasteiger charge is -2.35. The summed E-state index contributed by atoms with van der Waals surface area (Å²) in [6.07, 6.45) is 0. The minimum atomic E-state index is 0.105. The van der Waals surface area contributed by atoms with Crippen LogP contribution in [0, 0.1) is 6.92 Å². The minimum absolute atomic E-state index is 0.105. The maximum absolute atomic E-state index is 13.1. The number of piperazine rings is 1. The first-order chi connectivity index (χ1) is 16.0. The summed E-state index contributed by atoms with van der Waals surface area (Å²) in [4.78, 5) is 17.5. The van der Waals surface area contributed by atoms with E-state index in [4.69, 9.17) is 4.74 Å². The first-order valence-corrected chi connectivity index (χ1v) is 11.9. The lowest BCUT2D eigenvalue weighted by Crippen LogP contribution is -2.48. The highest BCUT2D eigenvalue weighted by atomic mass is 16.5. The smallest absolute Gasteiger partial charge is 0.253 e. The standard InChI is InChI=1S/C29H34N2O2/c1-22(2)26-11-13-28(14-12-26)33-21-25-5-4-6-27(19-25)29(32)31-17-15-30(16-18-31)20-24-9-7-23(3)8-10-24/h4-14,19,22H,15-18,20-21H2,1-3H3. The molecule has 1 aliphatic rings. The summed E-state index contributed by atoms with van der Waals surface area (Å²) in [5, 5.41) is 0. The van der Waals surface area contributed by atoms with Gasteiger partial charge in [-0.3, -0.25) is 9.69 Å². The zero-order valence-electron chi connectivity index (χ0n) is 20.0. The molecule has 4 rings (SSSR count). The number of aryl methyl sites for hydroxylation is 1. The molecule has 0 radical (unpaired) electrons. The Hall–Kier alpha value is -3.11. The molecule has 1 heterocycles. The van der Waals surface area contributed by atoms with Gasteiger partial charge in [0, 0.05) is 38.3 Å². The van der Waals surface area contributed by atoms with Gasteiger partial charge in [-0.05, 0) is 53.8 Å². The van der Waals surface area contributed by atoms with Crippen molar-refractivity contribution in [3.05, 3.63) is 101 Å². The normalized spacial score (nSPS) is 14.5. The molecule has 0 spiro atoms. The molecule has 1 amide bonds. The van der Waals surface area contributed by atoms with Gasteiger partial charge in [0.15, 0.2) is 0 Å². The molecule has 4 heteroatoms. The Morgan fingerprint density at radius 1 is 0.879 bits per heavy atom. The lowest BCUT2D eigenvalue weighted by atomic mass is 10.0. The van der Waals surface area contributed by atoms with Gasteiger partial charge in [-0.15, -0.1) is 0 Å². The summed E-state index contributed by atoms with van der Waals surface area (Å²) in [7, 11) is 0. The van der Waals surface area contributed by atoms with Gasteiger partial charge in [-0.25, -0.2) is 0 Å². The van der Waals surface area contributed by atoms with Crippen LogP contribution >= 0.6 is 0 Å². The highest BCUT2D eigenvalue weighted by Gasteiger charge is 2.22. The van der Waals surface area contributed by atoms with Gasteiger partial charge in [0.1, 0.15) is 12.4 Å². The van der Waals surface area contributed by atoms with Crippen LogP contribution in [0.25, 0.3) is 0 Å². The zero-order chi connectivity index (χ0) is 23.2. The number of amides is 1. The van der Waals surface area contributed by atoms with Gasteiger partial charge >= 0.3 is 0 Å². The molecule has 1 fully saturated rings. The first kappa shape index (κ1) is 23.1. The van der Waals surface area contributed by atoms with Crippen molar-refractivity contribution in [1.29, 1.82) is 0 Å². The quantitative estimate of drug-likeness (QED) is 0.474. The number of carbonyl (C=O) groups is 1. The van der Waals surface area contributed by atoms with Crippen molar-refractivity contribution in [2.75, 3.05) is 26.2 Å². The van der Waals surface area contributed by atoms with Crippen LogP contribution in [0.3, 0.4) is 0 Å². The second-order valence-corrected chi connectivity index (χ2v) is 9.27. The molecule has 0 N–H and O–H groups in total. The Morgan fingerprint density at radius 3 is 2.24 bits per heavy atom. The Kier molecular flexibility index (Phi) is 7.46. The van der Waals surface area contributed by atoms with E-state index in [1.54, 1.807) is 0 Å². The molecule has 0 atom stereocenters. The minimum Gasteiger partial charge on any atom is -0.489 e. The molecule has 0 aromatic heterocycles. The third kappa shape index (κ3) is 6.23. The van der Waals surface area contributed by atoms with Crippen LogP contribution in [0.4, 0.5) is 0 Å². The van der Waals surface area contributed by atoms with E-state index in [1.165, 1.54) is 16.7 Å². The van der Waals surface area contributed by atoms with Gasteiger partial charge in [-0.2, -0.15) is 0 Å². The molecule has 0 aliphatic carbocycles. The topological polar surface area (TPSA) is 32.8 Å². The summed E-state index contributed by atoms with van der Waals surface area (Å²) >= 11 is 0. The van der Waals surface area contributed by atoms with Crippen LogP contribution in [0.2, 0.25) is 0 Å². The van der Waals surface area contributed by atoms with E-state index in [1.807, 2.05) is 41.3 Å². The summed E-state index contributed by atoms with van der Waals surface area (Å²) in [6.45, 7) is 11.2. The second-order valence-electron chi connectivity index (χ2n) is 9.27. The van der Waals surface area contributed by atoms with Gasteiger partial charge in [-0.1, -0.05) is 67.9 Å². The number of nitrogens with zero attached hydrogens (tertiary/aromatic N) is 2. The van der Waals surface area contributed by atoms with Crippen LogP contribution in [0.15, 0.2) is 72.8 Å². The average Bonchev–Trinajstić information content (AvgIpc) is 2.84. The van der Waals surface area contributed by atoms with Crippen molar-refractivity contribution >= 4 is 5.91 Å². The molecule has 0 saturated carbocycles. The van der Waals surface area contributed by atoms with Gasteiger partial charge in [0.05, 0.1) is 0 Å². The maximum atomic E-state index is 13.1. The van der Waals surface area contributed by atoms with Crippen LogP contribution in [0.1, 0.15) is 52.4 Å². The Morgan fingerprint density at radius 2 is 1.58 bits per heavy atom. The van der Waals surface area contributed by atoms with Crippen molar-refractivity contribution < 1.29 is 9.53 Å². The van der Waals surface area contributed by atoms with E-state index in [-0.39, 0.29) is 5.91 Å². The van der Waals surface area contributed by atoms with Crippen molar-refractivity contribution in [2.45, 2.75) is 39.8 Å². The third-order valence-corrected chi connectivity index (χ3v) is 6.31. The third-order valence-electron chi connectivity index (χ3n) is 6.31. The molecule has 33 heavy (non-hydrogen) atoms. The number of benzene rings is 3. The van der Waals surface area contributed by atoms with Crippen LogP contribution in [-0.2, 0) is 13.2 Å². The number of rotatable bonds is 7. The molecule has 1 aliphatic heterocycles. The van der Waals surface area contributed by atoms with Crippen molar-refractivity contribution in [2.24, 2.45) is 0 Å². The zero-order valence-corrected chi connectivity index (χ0v) is 20.0. The summed E-state index contributed by atoms with van der Waals surface area (Å²) in [5.41, 5.74) is 5.65. The van der Waals surface area contributed by atoms with Crippen LogP contribution in [-0.4, -0.2) is 41.9 Å². The van der Waals surface area contributed by atoms with Crippen molar-refractivity contribution in [1.82, 2.24) is 9.80 Å². The number of ether oxygens (including phenoxy) is 1. The molecule has 0 bridgehead atoms. The van der Waals surface area contributed by atoms with E-state index in [0.717, 1.165) is 49.6 Å². The SMILES string of the molecule is Cc1ccc(CN2CCN(C(=O)c3cccc(COc4ccc(C(C)C)cc4)c3)CC2)cc1. The molecule has 4 nitrogen and oxygen atoms in total. The average molecular weight is 443 g/mol. The molecule has 3 aromatic carbocycles. The van der Waals surface area contributed by atoms with Crippen molar-refractivity contribution in [3.8, 4) is 5.75 Å². The largest absolute Gasteiger partial charge is 0.489 e. The fourth-order valence-electron chi connectivity index (χ4n) is 4.15. The first-order valence-electron chi connectivity index (χ1n) is 11.9. The predicted molar refractivity (Wildman–Crippen MR) is 134 cm³/mol. The monoisotopic (exact) mass is 442 g/mol. The van der Waals surface area contributed by atoms with Crippen molar-refractivity contribution in [3.63, 3.8) is 0 Å². The fraction of sp³-hybridized carbons (Fsp3) is 0.345. The van der Waals surface area contributed by atoms with Crippen LogP contribution in [0.5, 0.6) is 5.75 Å². The van der Waals surface area contributed by atoms with Gasteiger partial charge < -0.3 is 9.64 Å². The van der Waals surface area contributed by atoms with E-state index >= 15 is 0 Å². The van der Waals surface area contributed by atoms with E-state index in [0.29, 0.717) is 12.5 Å². The Balaban J connectivity index is 1.30. The molecular formula is C29H34N2O2. The summed E-state index contributed by atoms with van der Waals surface area (Å²) < 4.78 is 5.95. The van der Waals surface area contributed by atoms with E-state index in [9.17, 15) is 4.79 Å². The Bertz CT molecular complexity index is 1050. The molecule has 1 saturated heterocycles. The number of hydrogen-bond donors (Lipinski definition) is 0. The lowest BCUT2D eigenvalue weighted by molar-refractivity contribution is 0.0628. The van der Waals surface area contributed by atoms with E-state index < -0.39 is 0 Å². The molecule has 172 valence electrons. The maximum Gasteiger partial charge on any atom is 0.253 e.